The van der Waals surface area contributed by atoms with Gasteiger partial charge in [0.2, 0.25) is 0 Å². The molecular formula is C19H26BrCl2FN2O2. The summed E-state index contributed by atoms with van der Waals surface area (Å²) in [5.74, 6) is 0.493. The van der Waals surface area contributed by atoms with Crippen LogP contribution in [0.1, 0.15) is 17.5 Å². The van der Waals surface area contributed by atoms with Gasteiger partial charge in [-0.25, -0.2) is 4.39 Å². The smallest absolute Gasteiger partial charge is 0.129 e. The van der Waals surface area contributed by atoms with E-state index in [1.807, 2.05) is 18.2 Å². The van der Waals surface area contributed by atoms with Crippen LogP contribution in [0.3, 0.4) is 0 Å². The van der Waals surface area contributed by atoms with Gasteiger partial charge in [-0.2, -0.15) is 0 Å². The highest BCUT2D eigenvalue weighted by molar-refractivity contribution is 9.10. The van der Waals surface area contributed by atoms with E-state index in [9.17, 15) is 4.39 Å². The Balaban J connectivity index is 0.00000338. The van der Waals surface area contributed by atoms with Crippen molar-refractivity contribution in [2.75, 3.05) is 26.2 Å². The third kappa shape index (κ3) is 9.74. The average Bonchev–Trinajstić information content (AvgIpc) is 2.61. The van der Waals surface area contributed by atoms with Gasteiger partial charge in [-0.15, -0.1) is 24.8 Å². The number of rotatable bonds is 11. The van der Waals surface area contributed by atoms with Crippen molar-refractivity contribution in [1.29, 1.82) is 0 Å². The molecule has 2 rings (SSSR count). The first kappa shape index (κ1) is 26.1. The molecule has 2 aromatic rings. The van der Waals surface area contributed by atoms with Crippen LogP contribution >= 0.6 is 40.7 Å². The molecule has 0 heterocycles. The van der Waals surface area contributed by atoms with Gasteiger partial charge in [0.15, 0.2) is 0 Å². The topological polar surface area (TPSA) is 53.5 Å². The van der Waals surface area contributed by atoms with E-state index in [4.69, 9.17) is 9.84 Å². The summed E-state index contributed by atoms with van der Waals surface area (Å²) in [7, 11) is 0. The summed E-state index contributed by atoms with van der Waals surface area (Å²) in [5.41, 5.74) is 1.56. The highest BCUT2D eigenvalue weighted by atomic mass is 79.9. The molecule has 152 valence electrons. The molecule has 0 bridgehead atoms. The number of hydrogen-bond acceptors (Lipinski definition) is 4. The summed E-state index contributed by atoms with van der Waals surface area (Å²) >= 11 is 3.48. The van der Waals surface area contributed by atoms with Gasteiger partial charge in [0, 0.05) is 28.7 Å². The Kier molecular flexibility index (Phi) is 14.6. The zero-order valence-corrected chi connectivity index (χ0v) is 18.1. The van der Waals surface area contributed by atoms with E-state index in [-0.39, 0.29) is 43.8 Å². The third-order valence-electron chi connectivity index (χ3n) is 3.67. The lowest BCUT2D eigenvalue weighted by Crippen LogP contribution is -2.24. The molecule has 0 saturated heterocycles. The van der Waals surface area contributed by atoms with E-state index < -0.39 is 0 Å². The molecule has 4 nitrogen and oxygen atoms in total. The number of nitrogens with one attached hydrogen (secondary N) is 2. The average molecular weight is 484 g/mol. The predicted molar refractivity (Wildman–Crippen MR) is 116 cm³/mol. The summed E-state index contributed by atoms with van der Waals surface area (Å²) < 4.78 is 20.5. The predicted octanol–water partition coefficient (Wildman–Crippen LogP) is 4.07. The fraction of sp³-hybridized carbons (Fsp3) is 0.368. The fourth-order valence-corrected chi connectivity index (χ4v) is 2.77. The minimum absolute atomic E-state index is 0. The molecule has 0 aliphatic heterocycles. The van der Waals surface area contributed by atoms with Crippen molar-refractivity contribution in [3.63, 3.8) is 0 Å². The minimum atomic E-state index is -0.255. The normalized spacial score (nSPS) is 10.0. The lowest BCUT2D eigenvalue weighted by molar-refractivity contribution is 0.291. The number of hydrogen-bond donors (Lipinski definition) is 3. The number of ether oxygens (including phenoxy) is 1. The summed E-state index contributed by atoms with van der Waals surface area (Å²) in [4.78, 5) is 0. The SMILES string of the molecule is Cl.Cl.OCCNCCCNCc1cc(Br)ccc1OCc1ccccc1F. The van der Waals surface area contributed by atoms with E-state index in [1.54, 1.807) is 18.2 Å². The van der Waals surface area contributed by atoms with Crippen LogP contribution < -0.4 is 15.4 Å². The summed E-state index contributed by atoms with van der Waals surface area (Å²) in [6, 6.07) is 12.5. The van der Waals surface area contributed by atoms with Gasteiger partial charge in [-0.05, 0) is 43.8 Å². The zero-order valence-electron chi connectivity index (χ0n) is 14.9. The first-order valence-electron chi connectivity index (χ1n) is 8.37. The van der Waals surface area contributed by atoms with Crippen LogP contribution in [0.2, 0.25) is 0 Å². The molecule has 0 aromatic heterocycles. The third-order valence-corrected chi connectivity index (χ3v) is 4.17. The lowest BCUT2D eigenvalue weighted by atomic mass is 10.2. The first-order valence-corrected chi connectivity index (χ1v) is 9.17. The van der Waals surface area contributed by atoms with Crippen molar-refractivity contribution in [2.45, 2.75) is 19.6 Å². The van der Waals surface area contributed by atoms with Crippen molar-refractivity contribution < 1.29 is 14.2 Å². The van der Waals surface area contributed by atoms with Crippen LogP contribution in [-0.2, 0) is 13.2 Å². The molecule has 27 heavy (non-hydrogen) atoms. The Labute approximate surface area is 180 Å². The van der Waals surface area contributed by atoms with Gasteiger partial charge >= 0.3 is 0 Å². The van der Waals surface area contributed by atoms with Crippen molar-refractivity contribution >= 4 is 40.7 Å². The standard InChI is InChI=1S/C19H24BrFN2O2.2ClH/c20-17-6-7-19(25-14-15-4-1-2-5-18(15)21)16(12-17)13-23-9-3-8-22-10-11-24;;/h1-2,4-7,12,22-24H,3,8-11,13-14H2;2*1H. The van der Waals surface area contributed by atoms with Gasteiger partial charge in [0.05, 0.1) is 6.61 Å². The number of aliphatic hydroxyl groups is 1. The summed E-state index contributed by atoms with van der Waals surface area (Å²) in [6.07, 6.45) is 0.972. The number of aliphatic hydroxyl groups excluding tert-OH is 1. The molecule has 0 aliphatic rings. The lowest BCUT2D eigenvalue weighted by Gasteiger charge is -2.13. The number of halogens is 4. The van der Waals surface area contributed by atoms with Gasteiger partial charge in [-0.1, -0.05) is 34.1 Å². The molecule has 0 fully saturated rings. The van der Waals surface area contributed by atoms with Crippen LogP contribution in [0.5, 0.6) is 5.75 Å². The van der Waals surface area contributed by atoms with Crippen molar-refractivity contribution in [1.82, 2.24) is 10.6 Å². The second-order valence-electron chi connectivity index (χ2n) is 5.64. The second kappa shape index (κ2) is 15.1. The van der Waals surface area contributed by atoms with E-state index in [2.05, 4.69) is 26.6 Å². The zero-order chi connectivity index (χ0) is 17.9. The van der Waals surface area contributed by atoms with Crippen LogP contribution in [-0.4, -0.2) is 31.3 Å². The minimum Gasteiger partial charge on any atom is -0.488 e. The Morgan fingerprint density at radius 1 is 0.963 bits per heavy atom. The maximum atomic E-state index is 13.7. The highest BCUT2D eigenvalue weighted by Crippen LogP contribution is 2.24. The van der Waals surface area contributed by atoms with E-state index >= 15 is 0 Å². The second-order valence-corrected chi connectivity index (χ2v) is 6.55. The summed E-state index contributed by atoms with van der Waals surface area (Å²) in [6.45, 7) is 3.38. The maximum Gasteiger partial charge on any atom is 0.129 e. The quantitative estimate of drug-likeness (QED) is 0.421. The molecular weight excluding hydrogens is 458 g/mol. The van der Waals surface area contributed by atoms with Gasteiger partial charge in [0.25, 0.3) is 0 Å². The molecule has 0 atom stereocenters. The summed E-state index contributed by atoms with van der Waals surface area (Å²) in [5, 5.41) is 15.2. The Morgan fingerprint density at radius 2 is 1.70 bits per heavy atom. The van der Waals surface area contributed by atoms with Crippen LogP contribution in [0.15, 0.2) is 46.9 Å². The monoisotopic (exact) mass is 482 g/mol. The van der Waals surface area contributed by atoms with E-state index in [1.165, 1.54) is 6.07 Å². The van der Waals surface area contributed by atoms with Crippen molar-refractivity contribution in [3.05, 3.63) is 63.9 Å². The molecule has 2 aromatic carbocycles. The molecule has 0 saturated carbocycles. The molecule has 0 spiro atoms. The van der Waals surface area contributed by atoms with Crippen LogP contribution in [0.25, 0.3) is 0 Å². The molecule has 0 unspecified atom stereocenters. The van der Waals surface area contributed by atoms with Gasteiger partial charge in [-0.3, -0.25) is 0 Å². The maximum absolute atomic E-state index is 13.7. The van der Waals surface area contributed by atoms with E-state index in [0.29, 0.717) is 18.7 Å². The van der Waals surface area contributed by atoms with Gasteiger partial charge < -0.3 is 20.5 Å². The van der Waals surface area contributed by atoms with E-state index in [0.717, 1.165) is 35.3 Å². The van der Waals surface area contributed by atoms with Crippen LogP contribution in [0.4, 0.5) is 4.39 Å². The molecule has 3 N–H and O–H groups in total. The number of benzene rings is 2. The molecule has 8 heteroatoms. The fourth-order valence-electron chi connectivity index (χ4n) is 2.36. The van der Waals surface area contributed by atoms with Gasteiger partial charge in [0.1, 0.15) is 18.2 Å². The molecule has 0 radical (unpaired) electrons. The Morgan fingerprint density at radius 3 is 2.44 bits per heavy atom. The van der Waals surface area contributed by atoms with Crippen molar-refractivity contribution in [2.24, 2.45) is 0 Å². The molecule has 0 amide bonds. The van der Waals surface area contributed by atoms with Crippen molar-refractivity contribution in [3.8, 4) is 5.75 Å². The Hall–Kier alpha value is -0.890. The molecule has 0 aliphatic carbocycles. The van der Waals surface area contributed by atoms with Crippen LogP contribution in [0, 0.1) is 5.82 Å². The largest absolute Gasteiger partial charge is 0.488 e. The highest BCUT2D eigenvalue weighted by Gasteiger charge is 2.07. The Bertz CT molecular complexity index is 665. The first-order chi connectivity index (χ1) is 12.2.